The Kier molecular flexibility index (Phi) is 10.8. The van der Waals surface area contributed by atoms with Gasteiger partial charge in [-0.25, -0.2) is 4.79 Å². The van der Waals surface area contributed by atoms with Gasteiger partial charge in [0.15, 0.2) is 6.04 Å². The molecule has 32 heavy (non-hydrogen) atoms. The van der Waals surface area contributed by atoms with E-state index in [-0.39, 0.29) is 12.3 Å². The molecule has 1 aromatic rings. The number of benzene rings is 1. The lowest BCUT2D eigenvalue weighted by Crippen LogP contribution is -2.60. The summed E-state index contributed by atoms with van der Waals surface area (Å²) in [6.45, 7) is 3.70. The van der Waals surface area contributed by atoms with Crippen molar-refractivity contribution < 1.29 is 34.5 Å². The summed E-state index contributed by atoms with van der Waals surface area (Å²) in [5.41, 5.74) is 6.81. The van der Waals surface area contributed by atoms with Gasteiger partial charge in [0.1, 0.15) is 12.1 Å². The van der Waals surface area contributed by atoms with Crippen LogP contribution in [0.1, 0.15) is 26.3 Å². The summed E-state index contributed by atoms with van der Waals surface area (Å²) >= 11 is 0. The smallest absolute Gasteiger partial charge is 0.328 e. The molecule has 1 aromatic carbocycles. The van der Waals surface area contributed by atoms with Crippen molar-refractivity contribution in [2.24, 2.45) is 11.7 Å². The molecule has 178 valence electrons. The molecule has 11 heteroatoms. The van der Waals surface area contributed by atoms with Gasteiger partial charge in [-0.2, -0.15) is 0 Å². The van der Waals surface area contributed by atoms with E-state index in [9.17, 15) is 29.4 Å². The van der Waals surface area contributed by atoms with Gasteiger partial charge in [-0.05, 0) is 24.8 Å². The molecule has 0 saturated heterocycles. The average Bonchev–Trinajstić information content (AvgIpc) is 2.73. The molecule has 0 fully saturated rings. The van der Waals surface area contributed by atoms with Crippen molar-refractivity contribution in [3.05, 3.63) is 35.9 Å². The molecule has 0 spiro atoms. The Bertz CT molecular complexity index is 786. The molecule has 0 radical (unpaired) electrons. The lowest BCUT2D eigenvalue weighted by Gasteiger charge is -2.26. The maximum Gasteiger partial charge on any atom is 0.328 e. The largest absolute Gasteiger partial charge is 0.480 e. The van der Waals surface area contributed by atoms with Crippen LogP contribution in [0.4, 0.5) is 0 Å². The Morgan fingerprint density at radius 1 is 0.906 bits per heavy atom. The van der Waals surface area contributed by atoms with Gasteiger partial charge in [-0.1, -0.05) is 44.2 Å². The zero-order chi connectivity index (χ0) is 24.4. The summed E-state index contributed by atoms with van der Waals surface area (Å²) in [5, 5.41) is 34.9. The summed E-state index contributed by atoms with van der Waals surface area (Å²) < 4.78 is 0. The highest BCUT2D eigenvalue weighted by atomic mass is 16.4. The van der Waals surface area contributed by atoms with Crippen molar-refractivity contribution >= 4 is 23.7 Å². The minimum absolute atomic E-state index is 0.261. The predicted molar refractivity (Wildman–Crippen MR) is 115 cm³/mol. The number of nitrogens with one attached hydrogen (secondary N) is 3. The van der Waals surface area contributed by atoms with Crippen LogP contribution in [-0.2, 0) is 25.6 Å². The molecule has 5 atom stereocenters. The lowest BCUT2D eigenvalue weighted by atomic mass is 10.0. The summed E-state index contributed by atoms with van der Waals surface area (Å²) in [7, 11) is 0. The molecule has 0 aliphatic heterocycles. The number of carbonyl (C=O) groups is 4. The Morgan fingerprint density at radius 2 is 1.47 bits per heavy atom. The number of aliphatic hydroxyl groups excluding tert-OH is 2. The van der Waals surface area contributed by atoms with Gasteiger partial charge in [0, 0.05) is 0 Å². The van der Waals surface area contributed by atoms with Gasteiger partial charge in [0.25, 0.3) is 0 Å². The number of carboxylic acid groups (broad SMARTS) is 1. The minimum Gasteiger partial charge on any atom is -0.480 e. The molecule has 11 nitrogen and oxygen atoms in total. The minimum atomic E-state index is -1.62. The topological polar surface area (TPSA) is 191 Å². The van der Waals surface area contributed by atoms with Crippen LogP contribution in [-0.4, -0.2) is 75.9 Å². The SMILES string of the molecule is CC(C)C(NC(=O)C(N)Cc1ccccc1)C(=O)NC(CO)C(=O)NC(C(=O)O)C(C)O. The van der Waals surface area contributed by atoms with Gasteiger partial charge in [-0.3, -0.25) is 14.4 Å². The fraction of sp³-hybridized carbons (Fsp3) is 0.524. The van der Waals surface area contributed by atoms with Crippen molar-refractivity contribution in [3.63, 3.8) is 0 Å². The van der Waals surface area contributed by atoms with E-state index in [4.69, 9.17) is 10.8 Å². The first-order chi connectivity index (χ1) is 15.0. The van der Waals surface area contributed by atoms with E-state index in [0.717, 1.165) is 5.56 Å². The molecule has 8 N–H and O–H groups in total. The summed E-state index contributed by atoms with van der Waals surface area (Å²) in [6, 6.07) is 4.03. The highest BCUT2D eigenvalue weighted by molar-refractivity contribution is 5.94. The molecular formula is C21H32N4O7. The second kappa shape index (κ2) is 12.7. The van der Waals surface area contributed by atoms with Crippen LogP contribution in [0.15, 0.2) is 30.3 Å². The number of amides is 3. The fourth-order valence-corrected chi connectivity index (χ4v) is 2.85. The Hall–Kier alpha value is -3.02. The number of hydrogen-bond acceptors (Lipinski definition) is 7. The van der Waals surface area contributed by atoms with E-state index in [1.165, 1.54) is 6.92 Å². The first kappa shape index (κ1) is 27.0. The zero-order valence-corrected chi connectivity index (χ0v) is 18.3. The molecule has 0 aromatic heterocycles. The lowest BCUT2D eigenvalue weighted by molar-refractivity contribution is -0.145. The monoisotopic (exact) mass is 452 g/mol. The highest BCUT2D eigenvalue weighted by Crippen LogP contribution is 2.06. The number of carbonyl (C=O) groups excluding carboxylic acids is 3. The Labute approximate surface area is 186 Å². The van der Waals surface area contributed by atoms with E-state index in [2.05, 4.69) is 16.0 Å². The molecule has 0 aliphatic rings. The van der Waals surface area contributed by atoms with Crippen LogP contribution >= 0.6 is 0 Å². The average molecular weight is 453 g/mol. The molecule has 0 bridgehead atoms. The van der Waals surface area contributed by atoms with Crippen LogP contribution in [0, 0.1) is 5.92 Å². The first-order valence-corrected chi connectivity index (χ1v) is 10.2. The van der Waals surface area contributed by atoms with E-state index < -0.39 is 60.6 Å². The maximum absolute atomic E-state index is 12.7. The van der Waals surface area contributed by atoms with E-state index in [1.54, 1.807) is 13.8 Å². The van der Waals surface area contributed by atoms with Crippen LogP contribution in [0.25, 0.3) is 0 Å². The van der Waals surface area contributed by atoms with Crippen molar-refractivity contribution in [1.29, 1.82) is 0 Å². The third kappa shape index (κ3) is 8.25. The molecule has 0 saturated carbocycles. The molecule has 1 rings (SSSR count). The van der Waals surface area contributed by atoms with Crippen molar-refractivity contribution in [2.45, 2.75) is 57.5 Å². The van der Waals surface area contributed by atoms with Crippen LogP contribution in [0.2, 0.25) is 0 Å². The second-order valence-corrected chi connectivity index (χ2v) is 7.84. The molecule has 0 aliphatic carbocycles. The van der Waals surface area contributed by atoms with Gasteiger partial charge >= 0.3 is 5.97 Å². The molecule has 5 unspecified atom stereocenters. The predicted octanol–water partition coefficient (Wildman–Crippen LogP) is -1.88. The van der Waals surface area contributed by atoms with Gasteiger partial charge < -0.3 is 37.0 Å². The van der Waals surface area contributed by atoms with E-state index in [1.807, 2.05) is 30.3 Å². The second-order valence-electron chi connectivity index (χ2n) is 7.84. The normalized spacial score (nSPS) is 15.7. The third-order valence-corrected chi connectivity index (χ3v) is 4.74. The van der Waals surface area contributed by atoms with Crippen LogP contribution < -0.4 is 21.7 Å². The standard InChI is InChI=1S/C21H32N4O7/c1-11(2)16(24-18(28)14(22)9-13-7-5-4-6-8-13)20(30)23-15(10-26)19(29)25-17(12(3)27)21(31)32/h4-8,11-12,14-17,26-27H,9-10,22H2,1-3H3,(H,23,30)(H,24,28)(H,25,29)(H,31,32). The maximum atomic E-state index is 12.7. The van der Waals surface area contributed by atoms with E-state index >= 15 is 0 Å². The van der Waals surface area contributed by atoms with Gasteiger partial charge in [0.2, 0.25) is 17.7 Å². The van der Waals surface area contributed by atoms with Crippen LogP contribution in [0.5, 0.6) is 0 Å². The molecule has 3 amide bonds. The van der Waals surface area contributed by atoms with Gasteiger partial charge in [-0.15, -0.1) is 0 Å². The summed E-state index contributed by atoms with van der Waals surface area (Å²) in [6.07, 6.45) is -1.14. The quantitative estimate of drug-likeness (QED) is 0.192. The van der Waals surface area contributed by atoms with Crippen molar-refractivity contribution in [3.8, 4) is 0 Å². The Balaban J connectivity index is 2.80. The van der Waals surface area contributed by atoms with Gasteiger partial charge in [0.05, 0.1) is 18.8 Å². The number of aliphatic hydroxyl groups is 2. The fourth-order valence-electron chi connectivity index (χ4n) is 2.85. The molecule has 0 heterocycles. The summed E-state index contributed by atoms with van der Waals surface area (Å²) in [4.78, 5) is 48.6. The van der Waals surface area contributed by atoms with Crippen LogP contribution in [0.3, 0.4) is 0 Å². The van der Waals surface area contributed by atoms with Crippen molar-refractivity contribution in [2.75, 3.05) is 6.61 Å². The number of aliphatic carboxylic acids is 1. The zero-order valence-electron chi connectivity index (χ0n) is 18.3. The molecular weight excluding hydrogens is 420 g/mol. The summed E-state index contributed by atoms with van der Waals surface area (Å²) in [5.74, 6) is -4.17. The highest BCUT2D eigenvalue weighted by Gasteiger charge is 2.32. The number of rotatable bonds is 12. The first-order valence-electron chi connectivity index (χ1n) is 10.2. The number of nitrogens with two attached hydrogens (primary N) is 1. The number of hydrogen-bond donors (Lipinski definition) is 7. The van der Waals surface area contributed by atoms with E-state index in [0.29, 0.717) is 0 Å². The third-order valence-electron chi connectivity index (χ3n) is 4.74. The number of carboxylic acids is 1. The Morgan fingerprint density at radius 3 is 1.94 bits per heavy atom. The van der Waals surface area contributed by atoms with Crippen molar-refractivity contribution in [1.82, 2.24) is 16.0 Å².